The fourth-order valence-electron chi connectivity index (χ4n) is 2.56. The number of nitrogen functional groups attached to an aromatic ring is 1. The normalized spacial score (nSPS) is 28.4. The number of ether oxygens (including phenoxy) is 1. The van der Waals surface area contributed by atoms with E-state index in [0.717, 1.165) is 12.8 Å². The number of morpholine rings is 1. The van der Waals surface area contributed by atoms with Crippen LogP contribution >= 0.6 is 0 Å². The predicted molar refractivity (Wildman–Crippen MR) is 67.5 cm³/mol. The fraction of sp³-hybridized carbons (Fsp3) is 0.500. The first-order chi connectivity index (χ1) is 8.55. The summed E-state index contributed by atoms with van der Waals surface area (Å²) in [6.45, 7) is 0.923. The molecule has 0 spiro atoms. The average molecular weight is 268 g/mol. The van der Waals surface area contributed by atoms with Crippen LogP contribution in [0.15, 0.2) is 29.2 Å². The van der Waals surface area contributed by atoms with E-state index in [0.29, 0.717) is 23.7 Å². The van der Waals surface area contributed by atoms with E-state index in [1.165, 1.54) is 4.31 Å². The maximum atomic E-state index is 12.4. The molecule has 0 unspecified atom stereocenters. The monoisotopic (exact) mass is 268 g/mol. The highest BCUT2D eigenvalue weighted by Gasteiger charge is 2.39. The van der Waals surface area contributed by atoms with Crippen molar-refractivity contribution in [2.45, 2.75) is 29.9 Å². The molecule has 2 atom stereocenters. The number of nitrogens with two attached hydrogens (primary N) is 1. The van der Waals surface area contributed by atoms with Gasteiger partial charge in [0.05, 0.1) is 17.1 Å². The SMILES string of the molecule is Nc1ccc(S(=O)(=O)N2C[C@H]3CC[C@@H](C2)O3)cc1. The summed E-state index contributed by atoms with van der Waals surface area (Å²) in [7, 11) is -3.41. The van der Waals surface area contributed by atoms with Gasteiger partial charge < -0.3 is 10.5 Å². The third kappa shape index (κ3) is 2.00. The third-order valence-electron chi connectivity index (χ3n) is 3.53. The molecule has 0 aliphatic carbocycles. The second kappa shape index (κ2) is 4.22. The molecule has 0 aromatic heterocycles. The topological polar surface area (TPSA) is 72.6 Å². The minimum atomic E-state index is -3.41. The van der Waals surface area contributed by atoms with Crippen molar-refractivity contribution in [3.05, 3.63) is 24.3 Å². The standard InChI is InChI=1S/C12H16N2O3S/c13-9-1-5-12(6-2-9)18(15,16)14-7-10-3-4-11(8-14)17-10/h1-2,5-6,10-11H,3-4,7-8,13H2/t10-,11+. The number of hydrogen-bond acceptors (Lipinski definition) is 4. The van der Waals surface area contributed by atoms with E-state index in [-0.39, 0.29) is 12.2 Å². The molecule has 6 heteroatoms. The molecule has 1 aromatic rings. The van der Waals surface area contributed by atoms with Crippen LogP contribution in [0.25, 0.3) is 0 Å². The summed E-state index contributed by atoms with van der Waals surface area (Å²) in [5, 5.41) is 0. The number of rotatable bonds is 2. The zero-order chi connectivity index (χ0) is 12.8. The van der Waals surface area contributed by atoms with Gasteiger partial charge >= 0.3 is 0 Å². The lowest BCUT2D eigenvalue weighted by atomic mass is 10.2. The van der Waals surface area contributed by atoms with Gasteiger partial charge in [-0.15, -0.1) is 0 Å². The van der Waals surface area contributed by atoms with Crippen molar-refractivity contribution in [3.63, 3.8) is 0 Å². The second-order valence-corrected chi connectivity index (χ2v) is 6.79. The second-order valence-electron chi connectivity index (χ2n) is 4.85. The maximum Gasteiger partial charge on any atom is 0.243 e. The molecule has 2 aliphatic rings. The van der Waals surface area contributed by atoms with Gasteiger partial charge in [-0.05, 0) is 37.1 Å². The van der Waals surface area contributed by atoms with Gasteiger partial charge in [-0.3, -0.25) is 0 Å². The molecule has 18 heavy (non-hydrogen) atoms. The zero-order valence-corrected chi connectivity index (χ0v) is 10.8. The van der Waals surface area contributed by atoms with E-state index in [1.807, 2.05) is 0 Å². The molecule has 2 bridgehead atoms. The Morgan fingerprint density at radius 1 is 1.11 bits per heavy atom. The van der Waals surface area contributed by atoms with E-state index in [9.17, 15) is 8.42 Å². The van der Waals surface area contributed by atoms with Crippen molar-refractivity contribution in [1.82, 2.24) is 4.31 Å². The Bertz CT molecular complexity index is 529. The average Bonchev–Trinajstić information content (AvgIpc) is 2.68. The van der Waals surface area contributed by atoms with Crippen LogP contribution < -0.4 is 5.73 Å². The highest BCUT2D eigenvalue weighted by molar-refractivity contribution is 7.89. The molecule has 0 radical (unpaired) electrons. The third-order valence-corrected chi connectivity index (χ3v) is 5.37. The van der Waals surface area contributed by atoms with E-state index in [1.54, 1.807) is 24.3 Å². The Labute approximate surface area is 107 Å². The lowest BCUT2D eigenvalue weighted by molar-refractivity contribution is -0.0114. The Balaban J connectivity index is 1.88. The molecule has 2 fully saturated rings. The van der Waals surface area contributed by atoms with Crippen LogP contribution in [0.3, 0.4) is 0 Å². The molecule has 0 amide bonds. The minimum Gasteiger partial charge on any atom is -0.399 e. The summed E-state index contributed by atoms with van der Waals surface area (Å²) >= 11 is 0. The van der Waals surface area contributed by atoms with Crippen LogP contribution in [0.4, 0.5) is 5.69 Å². The number of anilines is 1. The summed E-state index contributed by atoms with van der Waals surface area (Å²) < 4.78 is 32.1. The van der Waals surface area contributed by atoms with Crippen molar-refractivity contribution in [2.24, 2.45) is 0 Å². The first kappa shape index (κ1) is 12.0. The van der Waals surface area contributed by atoms with Gasteiger partial charge in [0.1, 0.15) is 0 Å². The van der Waals surface area contributed by atoms with Gasteiger partial charge in [-0.25, -0.2) is 8.42 Å². The maximum absolute atomic E-state index is 12.4. The van der Waals surface area contributed by atoms with Crippen LogP contribution in [-0.2, 0) is 14.8 Å². The Morgan fingerprint density at radius 3 is 2.22 bits per heavy atom. The van der Waals surface area contributed by atoms with Crippen LogP contribution in [0, 0.1) is 0 Å². The van der Waals surface area contributed by atoms with Gasteiger partial charge in [0, 0.05) is 18.8 Å². The first-order valence-corrected chi connectivity index (χ1v) is 7.51. The fourth-order valence-corrected chi connectivity index (χ4v) is 4.07. The Kier molecular flexibility index (Phi) is 2.80. The minimum absolute atomic E-state index is 0.0623. The Morgan fingerprint density at radius 2 is 1.67 bits per heavy atom. The molecule has 0 saturated carbocycles. The number of hydrogen-bond donors (Lipinski definition) is 1. The Hall–Kier alpha value is -1.11. The molecule has 3 rings (SSSR count). The number of fused-ring (bicyclic) bond motifs is 2. The van der Waals surface area contributed by atoms with Crippen molar-refractivity contribution >= 4 is 15.7 Å². The van der Waals surface area contributed by atoms with Crippen LogP contribution in [0.1, 0.15) is 12.8 Å². The summed E-state index contributed by atoms with van der Waals surface area (Å²) in [5.74, 6) is 0. The van der Waals surface area contributed by atoms with E-state index >= 15 is 0 Å². The van der Waals surface area contributed by atoms with Gasteiger partial charge in [0.2, 0.25) is 10.0 Å². The molecule has 2 heterocycles. The van der Waals surface area contributed by atoms with Crippen molar-refractivity contribution < 1.29 is 13.2 Å². The number of benzene rings is 1. The smallest absolute Gasteiger partial charge is 0.243 e. The van der Waals surface area contributed by atoms with Gasteiger partial charge in [-0.1, -0.05) is 0 Å². The molecular formula is C12H16N2O3S. The van der Waals surface area contributed by atoms with E-state index < -0.39 is 10.0 Å². The summed E-state index contributed by atoms with van der Waals surface area (Å²) in [6, 6.07) is 6.34. The van der Waals surface area contributed by atoms with Crippen LogP contribution in [-0.4, -0.2) is 38.0 Å². The van der Waals surface area contributed by atoms with Crippen molar-refractivity contribution in [2.75, 3.05) is 18.8 Å². The molecule has 2 N–H and O–H groups in total. The van der Waals surface area contributed by atoms with Crippen LogP contribution in [0.2, 0.25) is 0 Å². The molecule has 2 aliphatic heterocycles. The van der Waals surface area contributed by atoms with Gasteiger partial charge in [0.15, 0.2) is 0 Å². The lowest BCUT2D eigenvalue weighted by Gasteiger charge is -2.31. The van der Waals surface area contributed by atoms with E-state index in [2.05, 4.69) is 0 Å². The number of nitrogens with zero attached hydrogens (tertiary/aromatic N) is 1. The molecule has 2 saturated heterocycles. The number of sulfonamides is 1. The predicted octanol–water partition coefficient (Wildman–Crippen LogP) is 0.821. The zero-order valence-electron chi connectivity index (χ0n) is 9.95. The van der Waals surface area contributed by atoms with Crippen molar-refractivity contribution in [3.8, 4) is 0 Å². The van der Waals surface area contributed by atoms with Crippen LogP contribution in [0.5, 0.6) is 0 Å². The first-order valence-electron chi connectivity index (χ1n) is 6.07. The van der Waals surface area contributed by atoms with Crippen molar-refractivity contribution in [1.29, 1.82) is 0 Å². The van der Waals surface area contributed by atoms with E-state index in [4.69, 9.17) is 10.5 Å². The van der Waals surface area contributed by atoms with Gasteiger partial charge in [0.25, 0.3) is 0 Å². The molecular weight excluding hydrogens is 252 g/mol. The highest BCUT2D eigenvalue weighted by atomic mass is 32.2. The van der Waals surface area contributed by atoms with Gasteiger partial charge in [-0.2, -0.15) is 4.31 Å². The lowest BCUT2D eigenvalue weighted by Crippen LogP contribution is -2.45. The summed E-state index contributed by atoms with van der Waals surface area (Å²) in [6.07, 6.45) is 2.04. The highest BCUT2D eigenvalue weighted by Crippen LogP contribution is 2.29. The molecule has 98 valence electrons. The molecule has 5 nitrogen and oxygen atoms in total. The quantitative estimate of drug-likeness (QED) is 0.806. The summed E-state index contributed by atoms with van der Waals surface area (Å²) in [4.78, 5) is 0.304. The molecule has 1 aromatic carbocycles. The summed E-state index contributed by atoms with van der Waals surface area (Å²) in [5.41, 5.74) is 6.14. The largest absolute Gasteiger partial charge is 0.399 e.